The van der Waals surface area contributed by atoms with Gasteiger partial charge in [0, 0.05) is 11.4 Å². The Morgan fingerprint density at radius 2 is 1.69 bits per heavy atom. The van der Waals surface area contributed by atoms with Crippen LogP contribution in [0.3, 0.4) is 0 Å². The van der Waals surface area contributed by atoms with Crippen LogP contribution in [0.1, 0.15) is 29.2 Å². The number of carbonyl (C=O) groups is 1. The minimum Gasteiger partial charge on any atom is -0.493 e. The lowest BCUT2D eigenvalue weighted by molar-refractivity contribution is -0.518. The third kappa shape index (κ3) is 5.57. The number of ether oxygens (including phenoxy) is 3. The Hall–Kier alpha value is -3.57. The Kier molecular flexibility index (Phi) is 7.88. The average Bonchev–Trinajstić information content (AvgIpc) is 2.88. The van der Waals surface area contributed by atoms with Crippen LogP contribution >= 0.6 is 11.6 Å². The number of allylic oxidation sites excluding steroid dienone is 1. The zero-order valence-electron chi connectivity index (χ0n) is 20.2. The second kappa shape index (κ2) is 11.2. The molecule has 6 heteroatoms. The summed E-state index contributed by atoms with van der Waals surface area (Å²) < 4.78 is 18.6. The fourth-order valence-electron chi connectivity index (χ4n) is 4.35. The molecule has 0 saturated heterocycles. The smallest absolute Gasteiger partial charge is 0.372 e. The predicted molar refractivity (Wildman–Crippen MR) is 140 cm³/mol. The van der Waals surface area contributed by atoms with Gasteiger partial charge in [-0.3, -0.25) is 0 Å². The standard InChI is InChI=1S/C29H29ClNO4/c1-4-35-28(32)19-31-15-14-22-17-26(33-2)27(34-3)18-25(22)29(31)24(21-8-6-5-7-9-21)16-20-10-12-23(30)13-11-20/h5-13,16-18H,4,14-15,19H2,1-3H3/q+1/b24-16-. The molecule has 0 spiro atoms. The van der Waals surface area contributed by atoms with Crippen molar-refractivity contribution >= 4 is 34.9 Å². The lowest BCUT2D eigenvalue weighted by atomic mass is 9.87. The number of hydrogen-bond donors (Lipinski definition) is 0. The van der Waals surface area contributed by atoms with Gasteiger partial charge >= 0.3 is 5.97 Å². The van der Waals surface area contributed by atoms with E-state index in [9.17, 15) is 4.79 Å². The number of methoxy groups -OCH3 is 2. The highest BCUT2D eigenvalue weighted by Gasteiger charge is 2.32. The molecule has 1 aliphatic rings. The molecule has 0 saturated carbocycles. The van der Waals surface area contributed by atoms with Gasteiger partial charge in [0.2, 0.25) is 12.3 Å². The molecule has 0 unspecified atom stereocenters. The number of rotatable bonds is 8. The van der Waals surface area contributed by atoms with E-state index in [1.54, 1.807) is 14.2 Å². The van der Waals surface area contributed by atoms with E-state index in [0.29, 0.717) is 29.7 Å². The highest BCUT2D eigenvalue weighted by Crippen LogP contribution is 2.36. The van der Waals surface area contributed by atoms with Gasteiger partial charge in [-0.2, -0.15) is 0 Å². The summed E-state index contributed by atoms with van der Waals surface area (Å²) in [7, 11) is 3.27. The van der Waals surface area contributed by atoms with Crippen molar-refractivity contribution in [3.63, 3.8) is 0 Å². The summed E-state index contributed by atoms with van der Waals surface area (Å²) in [5, 5.41) is 0.680. The van der Waals surface area contributed by atoms with Crippen LogP contribution < -0.4 is 9.47 Å². The van der Waals surface area contributed by atoms with Crippen molar-refractivity contribution in [2.24, 2.45) is 0 Å². The van der Waals surface area contributed by atoms with Gasteiger partial charge in [0.15, 0.2) is 11.5 Å². The third-order valence-electron chi connectivity index (χ3n) is 5.98. The van der Waals surface area contributed by atoms with Gasteiger partial charge in [-0.15, -0.1) is 0 Å². The third-order valence-corrected chi connectivity index (χ3v) is 6.23. The Labute approximate surface area is 211 Å². The second-order valence-corrected chi connectivity index (χ2v) is 8.60. The van der Waals surface area contributed by atoms with E-state index < -0.39 is 0 Å². The van der Waals surface area contributed by atoms with E-state index in [0.717, 1.165) is 40.0 Å². The lowest BCUT2D eigenvalue weighted by Crippen LogP contribution is -2.35. The molecule has 1 aliphatic heterocycles. The topological polar surface area (TPSA) is 47.8 Å². The molecule has 3 aromatic rings. The van der Waals surface area contributed by atoms with Gasteiger partial charge in [0.25, 0.3) is 0 Å². The monoisotopic (exact) mass is 490 g/mol. The van der Waals surface area contributed by atoms with E-state index in [2.05, 4.69) is 22.8 Å². The highest BCUT2D eigenvalue weighted by molar-refractivity contribution is 6.34. The van der Waals surface area contributed by atoms with Crippen molar-refractivity contribution in [3.05, 3.63) is 94.0 Å². The summed E-state index contributed by atoms with van der Waals surface area (Å²) in [5.41, 5.74) is 6.11. The fraction of sp³-hybridized carbons (Fsp3) is 0.241. The molecule has 0 bridgehead atoms. The van der Waals surface area contributed by atoms with Crippen molar-refractivity contribution in [2.75, 3.05) is 33.9 Å². The van der Waals surface area contributed by atoms with E-state index >= 15 is 0 Å². The van der Waals surface area contributed by atoms with Gasteiger partial charge in [-0.25, -0.2) is 9.37 Å². The number of carbonyl (C=O) groups excluding carboxylic acids is 1. The molecule has 180 valence electrons. The van der Waals surface area contributed by atoms with E-state index in [1.807, 2.05) is 61.5 Å². The van der Waals surface area contributed by atoms with E-state index in [-0.39, 0.29) is 12.5 Å². The van der Waals surface area contributed by atoms with Crippen LogP contribution in [0.2, 0.25) is 5.02 Å². The van der Waals surface area contributed by atoms with Crippen LogP contribution in [0.4, 0.5) is 0 Å². The molecular formula is C29H29ClNO4+. The maximum atomic E-state index is 12.6. The molecule has 0 radical (unpaired) electrons. The summed E-state index contributed by atoms with van der Waals surface area (Å²) in [6, 6.07) is 21.9. The Balaban J connectivity index is 1.98. The van der Waals surface area contributed by atoms with Gasteiger partial charge in [0.1, 0.15) is 6.54 Å². The summed E-state index contributed by atoms with van der Waals surface area (Å²) in [6.07, 6.45) is 2.90. The SMILES string of the molecule is CCOC(=O)C[N+]1=C(/C(=C\c2ccc(Cl)cc2)c2ccccc2)c2cc(OC)c(OC)cc2CC1. The highest BCUT2D eigenvalue weighted by atomic mass is 35.5. The van der Waals surface area contributed by atoms with Crippen molar-refractivity contribution < 1.29 is 23.6 Å². The first-order valence-electron chi connectivity index (χ1n) is 11.6. The molecule has 1 heterocycles. The first kappa shape index (κ1) is 24.6. The van der Waals surface area contributed by atoms with Gasteiger partial charge in [-0.1, -0.05) is 54.1 Å². The van der Waals surface area contributed by atoms with Gasteiger partial charge in [0.05, 0.1) is 32.0 Å². The van der Waals surface area contributed by atoms with Crippen LogP contribution in [0.25, 0.3) is 11.6 Å². The van der Waals surface area contributed by atoms with Crippen LogP contribution in [-0.2, 0) is 16.0 Å². The van der Waals surface area contributed by atoms with Crippen LogP contribution in [-0.4, -0.2) is 50.2 Å². The molecule has 4 rings (SSSR count). The zero-order valence-corrected chi connectivity index (χ0v) is 21.0. The predicted octanol–water partition coefficient (Wildman–Crippen LogP) is 5.52. The molecule has 5 nitrogen and oxygen atoms in total. The Morgan fingerprint density at radius 1 is 1.00 bits per heavy atom. The van der Waals surface area contributed by atoms with Crippen LogP contribution in [0.15, 0.2) is 66.7 Å². The average molecular weight is 491 g/mol. The number of nitrogens with zero attached hydrogens (tertiary/aromatic N) is 1. The van der Waals surface area contributed by atoms with Crippen molar-refractivity contribution in [2.45, 2.75) is 13.3 Å². The molecule has 0 atom stereocenters. The lowest BCUT2D eigenvalue weighted by Gasteiger charge is -2.22. The molecule has 35 heavy (non-hydrogen) atoms. The van der Waals surface area contributed by atoms with Crippen LogP contribution in [0.5, 0.6) is 11.5 Å². The molecule has 0 fully saturated rings. The minimum atomic E-state index is -0.257. The molecule has 3 aromatic carbocycles. The van der Waals surface area contributed by atoms with Crippen molar-refractivity contribution in [1.29, 1.82) is 0 Å². The van der Waals surface area contributed by atoms with E-state index in [4.69, 9.17) is 25.8 Å². The first-order chi connectivity index (χ1) is 17.0. The number of benzene rings is 3. The van der Waals surface area contributed by atoms with Gasteiger partial charge in [-0.05, 0) is 54.0 Å². The second-order valence-electron chi connectivity index (χ2n) is 8.17. The Morgan fingerprint density at radius 3 is 2.34 bits per heavy atom. The largest absolute Gasteiger partial charge is 0.493 e. The molecular weight excluding hydrogens is 462 g/mol. The summed E-state index contributed by atoms with van der Waals surface area (Å²) in [4.78, 5) is 12.6. The number of halogens is 1. The summed E-state index contributed by atoms with van der Waals surface area (Å²) in [6.45, 7) is 2.99. The molecule has 0 N–H and O–H groups in total. The quantitative estimate of drug-likeness (QED) is 0.237. The number of esters is 1. The summed E-state index contributed by atoms with van der Waals surface area (Å²) >= 11 is 6.14. The maximum Gasteiger partial charge on any atom is 0.372 e. The van der Waals surface area contributed by atoms with Crippen molar-refractivity contribution in [3.8, 4) is 11.5 Å². The van der Waals surface area contributed by atoms with E-state index in [1.165, 1.54) is 0 Å². The Bertz CT molecular complexity index is 1260. The zero-order chi connectivity index (χ0) is 24.8. The van der Waals surface area contributed by atoms with Crippen molar-refractivity contribution in [1.82, 2.24) is 0 Å². The number of fused-ring (bicyclic) bond motifs is 1. The van der Waals surface area contributed by atoms with Gasteiger partial charge < -0.3 is 14.2 Å². The molecule has 0 aromatic heterocycles. The summed E-state index contributed by atoms with van der Waals surface area (Å²) in [5.74, 6) is 1.07. The molecule has 0 amide bonds. The fourth-order valence-corrected chi connectivity index (χ4v) is 4.48. The van der Waals surface area contributed by atoms with Crippen LogP contribution in [0, 0.1) is 0 Å². The molecule has 0 aliphatic carbocycles. The normalized spacial score (nSPS) is 13.3. The minimum absolute atomic E-state index is 0.155. The number of hydrogen-bond acceptors (Lipinski definition) is 4. The first-order valence-corrected chi connectivity index (χ1v) is 12.0. The maximum absolute atomic E-state index is 12.6.